The van der Waals surface area contributed by atoms with Gasteiger partial charge in [0, 0.05) is 31.2 Å². The molecule has 1 heterocycles. The van der Waals surface area contributed by atoms with E-state index >= 15 is 0 Å². The Morgan fingerprint density at radius 2 is 1.51 bits per heavy atom. The molecular weight excluding hydrogens is 446 g/mol. The summed E-state index contributed by atoms with van der Waals surface area (Å²) in [6.07, 6.45) is 1.86. The van der Waals surface area contributed by atoms with Gasteiger partial charge in [-0.2, -0.15) is 0 Å². The first-order valence-corrected chi connectivity index (χ1v) is 12.3. The van der Waals surface area contributed by atoms with E-state index in [0.717, 1.165) is 44.6 Å². The van der Waals surface area contributed by atoms with Crippen molar-refractivity contribution in [2.24, 2.45) is 17.8 Å². The van der Waals surface area contributed by atoms with Crippen LogP contribution in [0, 0.1) is 29.4 Å². The second-order valence-corrected chi connectivity index (χ2v) is 9.69. The first-order chi connectivity index (χ1) is 17.1. The standard InChI is InChI=1S/C29H30F2N2O2/c30-27-14-11-22(15-28(27)31)17-33(25-9-5-2-6-10-25)29(34)35-20-26-23-12-13-24(26)19-32(18-23)16-21-7-3-1-4-8-21/h1-11,14-15,23-24,26H,12-13,16-20H2. The topological polar surface area (TPSA) is 32.8 Å². The maximum Gasteiger partial charge on any atom is 0.414 e. The molecule has 2 fully saturated rings. The normalized spacial score (nSPS) is 21.6. The lowest BCUT2D eigenvalue weighted by molar-refractivity contribution is 0.0506. The number of carbonyl (C=O) groups excluding carboxylic acids is 1. The predicted octanol–water partition coefficient (Wildman–Crippen LogP) is 6.27. The zero-order valence-electron chi connectivity index (χ0n) is 19.7. The van der Waals surface area contributed by atoms with E-state index in [0.29, 0.717) is 35.6 Å². The van der Waals surface area contributed by atoms with Crippen LogP contribution in [0.5, 0.6) is 0 Å². The maximum atomic E-state index is 13.8. The monoisotopic (exact) mass is 476 g/mol. The molecule has 1 amide bonds. The number of piperidine rings is 1. The van der Waals surface area contributed by atoms with Crippen molar-refractivity contribution in [3.05, 3.63) is 102 Å². The predicted molar refractivity (Wildman–Crippen MR) is 132 cm³/mol. The van der Waals surface area contributed by atoms with E-state index < -0.39 is 17.7 Å². The third kappa shape index (κ3) is 5.54. The summed E-state index contributed by atoms with van der Waals surface area (Å²) in [5.74, 6) is -0.450. The quantitative estimate of drug-likeness (QED) is 0.403. The third-order valence-corrected chi connectivity index (χ3v) is 7.37. The molecule has 3 aromatic rings. The summed E-state index contributed by atoms with van der Waals surface area (Å²) in [4.78, 5) is 17.2. The van der Waals surface area contributed by atoms with E-state index in [1.807, 2.05) is 36.4 Å². The lowest BCUT2D eigenvalue weighted by atomic mass is 9.85. The summed E-state index contributed by atoms with van der Waals surface area (Å²) in [5, 5.41) is 0. The van der Waals surface area contributed by atoms with E-state index in [1.165, 1.54) is 16.5 Å². The van der Waals surface area contributed by atoms with Gasteiger partial charge in [0.05, 0.1) is 13.2 Å². The van der Waals surface area contributed by atoms with Crippen LogP contribution in [0.4, 0.5) is 19.3 Å². The van der Waals surface area contributed by atoms with Crippen LogP contribution in [0.1, 0.15) is 24.0 Å². The molecule has 2 bridgehead atoms. The Bertz CT molecular complexity index is 1130. The average Bonchev–Trinajstić information content (AvgIpc) is 3.12. The highest BCUT2D eigenvalue weighted by Gasteiger charge is 2.42. The smallest absolute Gasteiger partial charge is 0.414 e. The number of hydrogen-bond donors (Lipinski definition) is 0. The number of likely N-dealkylation sites (tertiary alicyclic amines) is 1. The summed E-state index contributed by atoms with van der Waals surface area (Å²) < 4.78 is 33.0. The van der Waals surface area contributed by atoms with Crippen molar-refractivity contribution < 1.29 is 18.3 Å². The molecule has 3 aromatic carbocycles. The minimum atomic E-state index is -0.928. The minimum Gasteiger partial charge on any atom is -0.449 e. The number of benzene rings is 3. The number of amides is 1. The molecule has 6 heteroatoms. The number of fused-ring (bicyclic) bond motifs is 2. The maximum absolute atomic E-state index is 13.8. The fraction of sp³-hybridized carbons (Fsp3) is 0.345. The molecule has 0 spiro atoms. The van der Waals surface area contributed by atoms with Crippen molar-refractivity contribution in [3.8, 4) is 0 Å². The number of anilines is 1. The van der Waals surface area contributed by atoms with Crippen LogP contribution in [-0.4, -0.2) is 30.7 Å². The van der Waals surface area contributed by atoms with Crippen LogP contribution in [0.2, 0.25) is 0 Å². The molecule has 2 aliphatic rings. The molecule has 182 valence electrons. The summed E-state index contributed by atoms with van der Waals surface area (Å²) in [6.45, 7) is 3.48. The van der Waals surface area contributed by atoms with Crippen molar-refractivity contribution >= 4 is 11.8 Å². The van der Waals surface area contributed by atoms with Gasteiger partial charge < -0.3 is 4.74 Å². The molecule has 1 aliphatic carbocycles. The molecule has 35 heavy (non-hydrogen) atoms. The number of para-hydroxylation sites is 1. The highest BCUT2D eigenvalue weighted by molar-refractivity contribution is 5.87. The Morgan fingerprint density at radius 3 is 2.17 bits per heavy atom. The zero-order valence-corrected chi connectivity index (χ0v) is 19.7. The molecule has 0 N–H and O–H groups in total. The zero-order chi connectivity index (χ0) is 24.2. The first kappa shape index (κ1) is 23.5. The van der Waals surface area contributed by atoms with Gasteiger partial charge in [-0.15, -0.1) is 0 Å². The van der Waals surface area contributed by atoms with E-state index in [4.69, 9.17) is 4.74 Å². The molecule has 1 saturated carbocycles. The highest BCUT2D eigenvalue weighted by atomic mass is 19.2. The molecule has 2 unspecified atom stereocenters. The third-order valence-electron chi connectivity index (χ3n) is 7.37. The Labute approximate surface area is 205 Å². The van der Waals surface area contributed by atoms with E-state index in [-0.39, 0.29) is 6.54 Å². The van der Waals surface area contributed by atoms with Crippen LogP contribution in [-0.2, 0) is 17.8 Å². The van der Waals surface area contributed by atoms with Crippen LogP contribution in [0.3, 0.4) is 0 Å². The van der Waals surface area contributed by atoms with Crippen molar-refractivity contribution in [1.82, 2.24) is 4.90 Å². The SMILES string of the molecule is O=C(OCC1C2CCC1CN(Cc1ccccc1)C2)N(Cc1ccc(F)c(F)c1)c1ccccc1. The molecule has 0 radical (unpaired) electrons. The largest absolute Gasteiger partial charge is 0.449 e. The Balaban J connectivity index is 1.23. The first-order valence-electron chi connectivity index (χ1n) is 12.3. The van der Waals surface area contributed by atoms with Crippen molar-refractivity contribution in [2.75, 3.05) is 24.6 Å². The molecule has 2 atom stereocenters. The lowest BCUT2D eigenvalue weighted by Gasteiger charge is -2.38. The van der Waals surface area contributed by atoms with Gasteiger partial charge in [0.1, 0.15) is 0 Å². The molecular formula is C29H30F2N2O2. The Morgan fingerprint density at radius 1 is 0.857 bits per heavy atom. The van der Waals surface area contributed by atoms with Gasteiger partial charge in [0.15, 0.2) is 11.6 Å². The van der Waals surface area contributed by atoms with Gasteiger partial charge in [0.25, 0.3) is 0 Å². The lowest BCUT2D eigenvalue weighted by Crippen LogP contribution is -2.43. The number of ether oxygens (including phenoxy) is 1. The second-order valence-electron chi connectivity index (χ2n) is 9.69. The van der Waals surface area contributed by atoms with Crippen LogP contribution in [0.15, 0.2) is 78.9 Å². The minimum absolute atomic E-state index is 0.0996. The van der Waals surface area contributed by atoms with Gasteiger partial charge in [-0.3, -0.25) is 9.80 Å². The van der Waals surface area contributed by atoms with Gasteiger partial charge in [-0.05, 0) is 60.1 Å². The Kier molecular flexibility index (Phi) is 7.09. The summed E-state index contributed by atoms with van der Waals surface area (Å²) in [7, 11) is 0. The Hall–Kier alpha value is -3.25. The van der Waals surface area contributed by atoms with Crippen molar-refractivity contribution in [1.29, 1.82) is 0 Å². The number of rotatable bonds is 7. The molecule has 1 saturated heterocycles. The fourth-order valence-corrected chi connectivity index (χ4v) is 5.61. The molecule has 0 aromatic heterocycles. The number of carbonyl (C=O) groups is 1. The second kappa shape index (κ2) is 10.6. The van der Waals surface area contributed by atoms with E-state index in [2.05, 4.69) is 29.2 Å². The van der Waals surface area contributed by atoms with Gasteiger partial charge in [-0.1, -0.05) is 54.6 Å². The van der Waals surface area contributed by atoms with Crippen LogP contribution < -0.4 is 4.90 Å². The van der Waals surface area contributed by atoms with Gasteiger partial charge in [-0.25, -0.2) is 13.6 Å². The number of nitrogens with zero attached hydrogens (tertiary/aromatic N) is 2. The van der Waals surface area contributed by atoms with Crippen LogP contribution >= 0.6 is 0 Å². The van der Waals surface area contributed by atoms with Crippen LogP contribution in [0.25, 0.3) is 0 Å². The van der Waals surface area contributed by atoms with Gasteiger partial charge >= 0.3 is 6.09 Å². The highest BCUT2D eigenvalue weighted by Crippen LogP contribution is 2.42. The van der Waals surface area contributed by atoms with Crippen molar-refractivity contribution in [3.63, 3.8) is 0 Å². The average molecular weight is 477 g/mol. The summed E-state index contributed by atoms with van der Waals surface area (Å²) in [5.41, 5.74) is 2.48. The fourth-order valence-electron chi connectivity index (χ4n) is 5.61. The summed E-state index contributed by atoms with van der Waals surface area (Å²) >= 11 is 0. The van der Waals surface area contributed by atoms with Gasteiger partial charge in [0.2, 0.25) is 0 Å². The van der Waals surface area contributed by atoms with E-state index in [1.54, 1.807) is 0 Å². The molecule has 4 nitrogen and oxygen atoms in total. The number of halogens is 2. The van der Waals surface area contributed by atoms with E-state index in [9.17, 15) is 13.6 Å². The number of hydrogen-bond acceptors (Lipinski definition) is 3. The molecule has 5 rings (SSSR count). The summed E-state index contributed by atoms with van der Waals surface area (Å²) in [6, 6.07) is 23.4. The molecule has 1 aliphatic heterocycles. The van der Waals surface area contributed by atoms with Crippen molar-refractivity contribution in [2.45, 2.75) is 25.9 Å².